The normalized spacial score (nSPS) is 10.8. The molecule has 2 N–H and O–H groups in total. The second-order valence-electron chi connectivity index (χ2n) is 4.62. The van der Waals surface area contributed by atoms with Crippen LogP contribution in [0.25, 0.3) is 0 Å². The summed E-state index contributed by atoms with van der Waals surface area (Å²) in [5, 5.41) is 10.5. The Hall–Kier alpha value is -1.69. The van der Waals surface area contributed by atoms with E-state index in [1.165, 1.54) is 6.33 Å². The average molecular weight is 295 g/mol. The van der Waals surface area contributed by atoms with Gasteiger partial charge in [-0.15, -0.1) is 0 Å². The second kappa shape index (κ2) is 7.19. The van der Waals surface area contributed by atoms with E-state index in [1.54, 1.807) is 0 Å². The molecular formula is C13H19ClN6. The Morgan fingerprint density at radius 2 is 2.15 bits per heavy atom. The summed E-state index contributed by atoms with van der Waals surface area (Å²) in [6.45, 7) is 4.83. The Bertz CT molecular complexity index is 540. The summed E-state index contributed by atoms with van der Waals surface area (Å²) in [5.41, 5.74) is 0.895. The molecule has 2 aromatic heterocycles. The van der Waals surface area contributed by atoms with Crippen LogP contribution in [0.1, 0.15) is 37.0 Å². The van der Waals surface area contributed by atoms with Crippen LogP contribution in [0.4, 0.5) is 5.82 Å². The highest BCUT2D eigenvalue weighted by Gasteiger charge is 2.08. The van der Waals surface area contributed by atoms with Crippen LogP contribution in [-0.4, -0.2) is 31.7 Å². The maximum Gasteiger partial charge on any atom is 0.137 e. The van der Waals surface area contributed by atoms with Gasteiger partial charge in [0.2, 0.25) is 0 Å². The lowest BCUT2D eigenvalue weighted by atomic mass is 10.2. The van der Waals surface area contributed by atoms with Crippen LogP contribution in [0, 0.1) is 6.92 Å². The first-order valence-corrected chi connectivity index (χ1v) is 7.19. The fourth-order valence-electron chi connectivity index (χ4n) is 1.85. The third-order valence-electron chi connectivity index (χ3n) is 2.95. The minimum absolute atomic E-state index is 0.529. The Kier molecular flexibility index (Phi) is 5.29. The molecule has 2 rings (SSSR count). The number of aryl methyl sites for hydroxylation is 2. The lowest BCUT2D eigenvalue weighted by Crippen LogP contribution is -2.09. The number of anilines is 1. The van der Waals surface area contributed by atoms with Crippen LogP contribution in [0.5, 0.6) is 0 Å². The minimum atomic E-state index is 0.529. The number of halogens is 1. The number of aromatic amines is 1. The van der Waals surface area contributed by atoms with Gasteiger partial charge in [0.1, 0.15) is 28.9 Å². The highest BCUT2D eigenvalue weighted by molar-refractivity contribution is 6.30. The van der Waals surface area contributed by atoms with Crippen molar-refractivity contribution in [3.05, 3.63) is 28.7 Å². The van der Waals surface area contributed by atoms with E-state index in [0.717, 1.165) is 55.3 Å². The number of hydrogen-bond donors (Lipinski definition) is 2. The molecular weight excluding hydrogens is 276 g/mol. The number of hydrogen-bond acceptors (Lipinski definition) is 5. The molecule has 0 amide bonds. The molecule has 0 aliphatic carbocycles. The molecule has 0 saturated heterocycles. The number of rotatable bonds is 7. The Labute approximate surface area is 123 Å². The summed E-state index contributed by atoms with van der Waals surface area (Å²) >= 11 is 6.13. The first-order valence-electron chi connectivity index (χ1n) is 6.81. The molecule has 2 heterocycles. The highest BCUT2D eigenvalue weighted by atomic mass is 35.5. The summed E-state index contributed by atoms with van der Waals surface area (Å²) < 4.78 is 0. The molecule has 7 heteroatoms. The third-order valence-corrected chi connectivity index (χ3v) is 3.32. The van der Waals surface area contributed by atoms with Crippen molar-refractivity contribution in [3.8, 4) is 0 Å². The van der Waals surface area contributed by atoms with Gasteiger partial charge in [0.05, 0.1) is 0 Å². The summed E-state index contributed by atoms with van der Waals surface area (Å²) in [4.78, 5) is 12.9. The van der Waals surface area contributed by atoms with Gasteiger partial charge in [0.25, 0.3) is 0 Å². The SMILES string of the molecule is CCCc1nc(Cl)c(C)c(NCCCc2ncn[nH]2)n1. The maximum absolute atomic E-state index is 6.13. The smallest absolute Gasteiger partial charge is 0.137 e. The zero-order valence-corrected chi connectivity index (χ0v) is 12.5. The first-order chi connectivity index (χ1) is 9.70. The van der Waals surface area contributed by atoms with Crippen molar-refractivity contribution in [2.24, 2.45) is 0 Å². The van der Waals surface area contributed by atoms with Crippen molar-refractivity contribution in [2.45, 2.75) is 39.5 Å². The van der Waals surface area contributed by atoms with Gasteiger partial charge in [-0.05, 0) is 19.8 Å². The van der Waals surface area contributed by atoms with E-state index in [9.17, 15) is 0 Å². The van der Waals surface area contributed by atoms with Crippen molar-refractivity contribution in [1.82, 2.24) is 25.1 Å². The summed E-state index contributed by atoms with van der Waals surface area (Å²) in [7, 11) is 0. The highest BCUT2D eigenvalue weighted by Crippen LogP contribution is 2.20. The largest absolute Gasteiger partial charge is 0.370 e. The zero-order valence-electron chi connectivity index (χ0n) is 11.8. The van der Waals surface area contributed by atoms with Crippen LogP contribution in [0.3, 0.4) is 0 Å². The Morgan fingerprint density at radius 1 is 1.30 bits per heavy atom. The van der Waals surface area contributed by atoms with Crippen LogP contribution < -0.4 is 5.32 Å². The van der Waals surface area contributed by atoms with E-state index in [4.69, 9.17) is 11.6 Å². The molecule has 0 radical (unpaired) electrons. The van der Waals surface area contributed by atoms with E-state index in [-0.39, 0.29) is 0 Å². The molecule has 0 bridgehead atoms. The number of H-pyrrole nitrogens is 1. The molecule has 0 aliphatic heterocycles. The van der Waals surface area contributed by atoms with E-state index < -0.39 is 0 Å². The lowest BCUT2D eigenvalue weighted by Gasteiger charge is -2.10. The number of nitrogens with one attached hydrogen (secondary N) is 2. The monoisotopic (exact) mass is 294 g/mol. The molecule has 0 unspecified atom stereocenters. The van der Waals surface area contributed by atoms with E-state index in [1.807, 2.05) is 6.92 Å². The van der Waals surface area contributed by atoms with Crippen molar-refractivity contribution >= 4 is 17.4 Å². The molecule has 0 atom stereocenters. The summed E-state index contributed by atoms with van der Waals surface area (Å²) in [5.74, 6) is 2.52. The molecule has 0 aromatic carbocycles. The summed E-state index contributed by atoms with van der Waals surface area (Å²) in [6, 6.07) is 0. The number of aromatic nitrogens is 5. The van der Waals surface area contributed by atoms with Gasteiger partial charge in [-0.1, -0.05) is 18.5 Å². The van der Waals surface area contributed by atoms with Crippen molar-refractivity contribution in [2.75, 3.05) is 11.9 Å². The molecule has 2 aromatic rings. The van der Waals surface area contributed by atoms with Crippen LogP contribution in [0.2, 0.25) is 5.15 Å². The van der Waals surface area contributed by atoms with Crippen molar-refractivity contribution < 1.29 is 0 Å². The van der Waals surface area contributed by atoms with Crippen LogP contribution >= 0.6 is 11.6 Å². The van der Waals surface area contributed by atoms with Gasteiger partial charge in [0, 0.05) is 24.9 Å². The van der Waals surface area contributed by atoms with Crippen LogP contribution in [0.15, 0.2) is 6.33 Å². The molecule has 0 fully saturated rings. The molecule has 108 valence electrons. The van der Waals surface area contributed by atoms with Gasteiger partial charge in [-0.25, -0.2) is 15.0 Å². The van der Waals surface area contributed by atoms with Gasteiger partial charge in [0.15, 0.2) is 0 Å². The Balaban J connectivity index is 1.91. The predicted octanol–water partition coefficient (Wildman–Crippen LogP) is 2.55. The lowest BCUT2D eigenvalue weighted by molar-refractivity contribution is 0.794. The van der Waals surface area contributed by atoms with Crippen molar-refractivity contribution in [3.63, 3.8) is 0 Å². The molecule has 6 nitrogen and oxygen atoms in total. The maximum atomic E-state index is 6.13. The van der Waals surface area contributed by atoms with E-state index in [0.29, 0.717) is 5.15 Å². The molecule has 0 saturated carbocycles. The Morgan fingerprint density at radius 3 is 2.85 bits per heavy atom. The van der Waals surface area contributed by atoms with Gasteiger partial charge < -0.3 is 5.32 Å². The second-order valence-corrected chi connectivity index (χ2v) is 4.97. The quantitative estimate of drug-likeness (QED) is 0.606. The van der Waals surface area contributed by atoms with Gasteiger partial charge >= 0.3 is 0 Å². The van der Waals surface area contributed by atoms with Gasteiger partial charge in [-0.3, -0.25) is 5.10 Å². The van der Waals surface area contributed by atoms with Crippen molar-refractivity contribution in [1.29, 1.82) is 0 Å². The fraction of sp³-hybridized carbons (Fsp3) is 0.538. The fourth-order valence-corrected chi connectivity index (χ4v) is 2.04. The summed E-state index contributed by atoms with van der Waals surface area (Å²) in [6.07, 6.45) is 5.16. The topological polar surface area (TPSA) is 79.4 Å². The first kappa shape index (κ1) is 14.7. The molecule has 0 aliphatic rings. The van der Waals surface area contributed by atoms with E-state index >= 15 is 0 Å². The average Bonchev–Trinajstić information content (AvgIpc) is 2.93. The molecule has 20 heavy (non-hydrogen) atoms. The third kappa shape index (κ3) is 3.90. The zero-order chi connectivity index (χ0) is 14.4. The minimum Gasteiger partial charge on any atom is -0.370 e. The predicted molar refractivity (Wildman–Crippen MR) is 79.0 cm³/mol. The van der Waals surface area contributed by atoms with Crippen LogP contribution in [-0.2, 0) is 12.8 Å². The van der Waals surface area contributed by atoms with E-state index in [2.05, 4.69) is 37.4 Å². The molecule has 0 spiro atoms. The number of nitrogens with zero attached hydrogens (tertiary/aromatic N) is 4. The standard InChI is InChI=1S/C13H19ClN6/c1-3-5-11-18-12(14)9(2)13(19-11)15-7-4-6-10-16-8-17-20-10/h8H,3-7H2,1-2H3,(H,15,18,19)(H,16,17,20). The van der Waals surface area contributed by atoms with Gasteiger partial charge in [-0.2, -0.15) is 5.10 Å².